The summed E-state index contributed by atoms with van der Waals surface area (Å²) in [4.78, 5) is 16.9. The number of amides is 1. The molecule has 0 spiro atoms. The summed E-state index contributed by atoms with van der Waals surface area (Å²) >= 11 is 1.56. The van der Waals surface area contributed by atoms with E-state index in [2.05, 4.69) is 29.4 Å². The average molecular weight is 397 g/mol. The van der Waals surface area contributed by atoms with Crippen molar-refractivity contribution in [2.24, 2.45) is 0 Å². The molecule has 2 aromatic carbocycles. The molecule has 0 saturated carbocycles. The molecule has 0 fully saturated rings. The Balaban J connectivity index is 1.52. The molecule has 0 saturated heterocycles. The van der Waals surface area contributed by atoms with E-state index in [-0.39, 0.29) is 12.3 Å². The highest BCUT2D eigenvalue weighted by Crippen LogP contribution is 2.24. The Labute approximate surface area is 169 Å². The molecule has 0 atom stereocenters. The minimum atomic E-state index is -0.0493. The van der Waals surface area contributed by atoms with E-state index in [4.69, 9.17) is 9.47 Å². The highest BCUT2D eigenvalue weighted by atomic mass is 32.1. The Kier molecular flexibility index (Phi) is 7.17. The number of thiazole rings is 1. The molecule has 0 aliphatic carbocycles. The van der Waals surface area contributed by atoms with Gasteiger partial charge in [-0.1, -0.05) is 35.9 Å². The number of hydrogen-bond acceptors (Lipinski definition) is 5. The number of nitrogens with one attached hydrogen (secondary N) is 1. The van der Waals surface area contributed by atoms with Crippen molar-refractivity contribution >= 4 is 17.2 Å². The molecule has 0 bridgehead atoms. The first kappa shape index (κ1) is 20.0. The Bertz CT molecular complexity index is 923. The standard InChI is InChI=1S/C22H24N2O3S/c1-16-5-3-7-18(11-16)22-24-19(15-28-22)13-21(25)23-14-17-6-4-8-20(12-17)27-10-9-26-2/h3-8,11-12,15H,9-10,13-14H2,1-2H3,(H,23,25). The van der Waals surface area contributed by atoms with Gasteiger partial charge in [0.05, 0.1) is 18.7 Å². The molecule has 0 unspecified atom stereocenters. The van der Waals surface area contributed by atoms with Crippen LogP contribution in [-0.4, -0.2) is 31.2 Å². The zero-order valence-electron chi connectivity index (χ0n) is 16.1. The second-order valence-electron chi connectivity index (χ2n) is 6.46. The third-order valence-electron chi connectivity index (χ3n) is 4.10. The summed E-state index contributed by atoms with van der Waals surface area (Å²) < 4.78 is 10.6. The van der Waals surface area contributed by atoms with E-state index in [0.29, 0.717) is 19.8 Å². The van der Waals surface area contributed by atoms with E-state index >= 15 is 0 Å². The molecule has 0 aliphatic rings. The number of rotatable bonds is 9. The quantitative estimate of drug-likeness (QED) is 0.556. The number of ether oxygens (including phenoxy) is 2. The second kappa shape index (κ2) is 10.0. The lowest BCUT2D eigenvalue weighted by atomic mass is 10.1. The first-order valence-electron chi connectivity index (χ1n) is 9.13. The molecule has 0 radical (unpaired) electrons. The SMILES string of the molecule is COCCOc1cccc(CNC(=O)Cc2csc(-c3cccc(C)c3)n2)c1. The van der Waals surface area contributed by atoms with Crippen LogP contribution in [0.25, 0.3) is 10.6 Å². The van der Waals surface area contributed by atoms with Crippen molar-refractivity contribution in [3.05, 3.63) is 70.7 Å². The second-order valence-corrected chi connectivity index (χ2v) is 7.31. The van der Waals surface area contributed by atoms with Crippen LogP contribution in [0.5, 0.6) is 5.75 Å². The van der Waals surface area contributed by atoms with Gasteiger partial charge in [-0.3, -0.25) is 4.79 Å². The smallest absolute Gasteiger partial charge is 0.226 e. The molecular formula is C22H24N2O3S. The van der Waals surface area contributed by atoms with E-state index in [1.165, 1.54) is 5.56 Å². The zero-order chi connectivity index (χ0) is 19.8. The van der Waals surface area contributed by atoms with Crippen LogP contribution < -0.4 is 10.1 Å². The fraction of sp³-hybridized carbons (Fsp3) is 0.273. The van der Waals surface area contributed by atoms with Crippen molar-refractivity contribution in [2.75, 3.05) is 20.3 Å². The Morgan fingerprint density at radius 3 is 2.82 bits per heavy atom. The lowest BCUT2D eigenvalue weighted by Crippen LogP contribution is -2.24. The predicted molar refractivity (Wildman–Crippen MR) is 112 cm³/mol. The molecule has 5 nitrogen and oxygen atoms in total. The summed E-state index contributed by atoms with van der Waals surface area (Å²) in [5.41, 5.74) is 4.06. The lowest BCUT2D eigenvalue weighted by Gasteiger charge is -2.08. The van der Waals surface area contributed by atoms with Crippen LogP contribution in [0.15, 0.2) is 53.9 Å². The summed E-state index contributed by atoms with van der Waals surface area (Å²) in [5, 5.41) is 5.83. The van der Waals surface area contributed by atoms with Crippen LogP contribution >= 0.6 is 11.3 Å². The van der Waals surface area contributed by atoms with Gasteiger partial charge in [0.1, 0.15) is 17.4 Å². The topological polar surface area (TPSA) is 60.5 Å². The maximum atomic E-state index is 12.3. The summed E-state index contributed by atoms with van der Waals surface area (Å²) in [7, 11) is 1.64. The van der Waals surface area contributed by atoms with Gasteiger partial charge in [0.15, 0.2) is 0 Å². The first-order valence-corrected chi connectivity index (χ1v) is 10.0. The van der Waals surface area contributed by atoms with E-state index in [9.17, 15) is 4.79 Å². The van der Waals surface area contributed by atoms with Crippen molar-refractivity contribution in [3.63, 3.8) is 0 Å². The molecule has 1 aromatic heterocycles. The number of aromatic nitrogens is 1. The third kappa shape index (κ3) is 5.90. The molecule has 28 heavy (non-hydrogen) atoms. The van der Waals surface area contributed by atoms with Crippen LogP contribution in [0.4, 0.5) is 0 Å². The zero-order valence-corrected chi connectivity index (χ0v) is 16.9. The van der Waals surface area contributed by atoms with Crippen LogP contribution in [0.2, 0.25) is 0 Å². The molecular weight excluding hydrogens is 372 g/mol. The molecule has 146 valence electrons. The number of carbonyl (C=O) groups excluding carboxylic acids is 1. The van der Waals surface area contributed by atoms with Gasteiger partial charge >= 0.3 is 0 Å². The van der Waals surface area contributed by atoms with Gasteiger partial charge in [-0.15, -0.1) is 11.3 Å². The number of nitrogens with zero attached hydrogens (tertiary/aromatic N) is 1. The maximum absolute atomic E-state index is 12.3. The van der Waals surface area contributed by atoms with Crippen molar-refractivity contribution in [1.29, 1.82) is 0 Å². The van der Waals surface area contributed by atoms with Crippen molar-refractivity contribution < 1.29 is 14.3 Å². The molecule has 6 heteroatoms. The van der Waals surface area contributed by atoms with Gasteiger partial charge < -0.3 is 14.8 Å². The fourth-order valence-corrected chi connectivity index (χ4v) is 3.53. The predicted octanol–water partition coefficient (Wildman–Crippen LogP) is 4.00. The van der Waals surface area contributed by atoms with E-state index < -0.39 is 0 Å². The summed E-state index contributed by atoms with van der Waals surface area (Å²) in [6, 6.07) is 15.9. The van der Waals surface area contributed by atoms with Gasteiger partial charge in [0.25, 0.3) is 0 Å². The summed E-state index contributed by atoms with van der Waals surface area (Å²) in [6.07, 6.45) is 0.270. The van der Waals surface area contributed by atoms with E-state index in [1.807, 2.05) is 41.8 Å². The molecule has 1 heterocycles. The summed E-state index contributed by atoms with van der Waals surface area (Å²) in [6.45, 7) is 3.55. The van der Waals surface area contributed by atoms with Gasteiger partial charge in [-0.2, -0.15) is 0 Å². The number of hydrogen-bond donors (Lipinski definition) is 1. The monoisotopic (exact) mass is 396 g/mol. The third-order valence-corrected chi connectivity index (χ3v) is 5.04. The molecule has 3 rings (SSSR count). The fourth-order valence-electron chi connectivity index (χ4n) is 2.71. The van der Waals surface area contributed by atoms with Crippen molar-refractivity contribution in [1.82, 2.24) is 10.3 Å². The van der Waals surface area contributed by atoms with Crippen molar-refractivity contribution in [2.45, 2.75) is 19.9 Å². The highest BCUT2D eigenvalue weighted by Gasteiger charge is 2.09. The largest absolute Gasteiger partial charge is 0.491 e. The van der Waals surface area contributed by atoms with Gasteiger partial charge in [-0.05, 0) is 30.7 Å². The minimum absolute atomic E-state index is 0.0493. The first-order chi connectivity index (χ1) is 13.6. The lowest BCUT2D eigenvalue weighted by molar-refractivity contribution is -0.120. The van der Waals surface area contributed by atoms with Crippen LogP contribution in [-0.2, 0) is 22.5 Å². The highest BCUT2D eigenvalue weighted by molar-refractivity contribution is 7.13. The minimum Gasteiger partial charge on any atom is -0.491 e. The van der Waals surface area contributed by atoms with Gasteiger partial charge in [0.2, 0.25) is 5.91 Å². The Morgan fingerprint density at radius 2 is 2.00 bits per heavy atom. The van der Waals surface area contributed by atoms with Crippen LogP contribution in [0, 0.1) is 6.92 Å². The molecule has 1 amide bonds. The van der Waals surface area contributed by atoms with E-state index in [0.717, 1.165) is 27.6 Å². The molecule has 0 aliphatic heterocycles. The molecule has 1 N–H and O–H groups in total. The number of methoxy groups -OCH3 is 1. The maximum Gasteiger partial charge on any atom is 0.226 e. The Hall–Kier alpha value is -2.70. The number of aryl methyl sites for hydroxylation is 1. The van der Waals surface area contributed by atoms with Gasteiger partial charge in [0, 0.05) is 24.6 Å². The van der Waals surface area contributed by atoms with E-state index in [1.54, 1.807) is 18.4 Å². The molecule has 3 aromatic rings. The van der Waals surface area contributed by atoms with Crippen molar-refractivity contribution in [3.8, 4) is 16.3 Å². The number of benzene rings is 2. The normalized spacial score (nSPS) is 10.6. The van der Waals surface area contributed by atoms with Crippen LogP contribution in [0.1, 0.15) is 16.8 Å². The Morgan fingerprint density at radius 1 is 1.14 bits per heavy atom. The van der Waals surface area contributed by atoms with Crippen LogP contribution in [0.3, 0.4) is 0 Å². The van der Waals surface area contributed by atoms with Gasteiger partial charge in [-0.25, -0.2) is 4.98 Å². The average Bonchev–Trinajstić information content (AvgIpc) is 3.15. The summed E-state index contributed by atoms with van der Waals surface area (Å²) in [5.74, 6) is 0.720. The number of carbonyl (C=O) groups is 1.